The van der Waals surface area contributed by atoms with E-state index in [4.69, 9.17) is 69.6 Å². The number of anilines is 1. The second kappa shape index (κ2) is 10.0. The Morgan fingerprint density at radius 2 is 1.59 bits per heavy atom. The number of allylic oxidation sites excluding steroid dienone is 1. The highest BCUT2D eigenvalue weighted by Crippen LogP contribution is 2.45. The number of carbonyl (C=O) groups excluding carboxylic acids is 1. The summed E-state index contributed by atoms with van der Waals surface area (Å²) in [6.07, 6.45) is 1.61. The highest BCUT2D eigenvalue weighted by atomic mass is 35.6. The highest BCUT2D eigenvalue weighted by molar-refractivity contribution is 8.03. The number of halogens is 6. The summed E-state index contributed by atoms with van der Waals surface area (Å²) in [6, 6.07) is 14.7. The molecule has 5 nitrogen and oxygen atoms in total. The van der Waals surface area contributed by atoms with Crippen LogP contribution in [0.5, 0.6) is 0 Å². The first kappa shape index (κ1) is 25.8. The van der Waals surface area contributed by atoms with Gasteiger partial charge in [-0.1, -0.05) is 112 Å². The second-order valence-electron chi connectivity index (χ2n) is 7.04. The molecule has 3 aromatic rings. The van der Waals surface area contributed by atoms with Crippen LogP contribution in [0.4, 0.5) is 5.69 Å². The molecule has 1 aromatic heterocycles. The largest absolute Gasteiger partial charge is 0.335 e. The molecule has 12 heteroatoms. The van der Waals surface area contributed by atoms with Crippen LogP contribution in [0.25, 0.3) is 11.4 Å². The molecule has 0 spiro atoms. The normalized spacial score (nSPS) is 15.0. The zero-order chi connectivity index (χ0) is 24.7. The summed E-state index contributed by atoms with van der Waals surface area (Å²) in [5.41, 5.74) is 1.96. The van der Waals surface area contributed by atoms with E-state index < -0.39 is 7.59 Å². The molecule has 0 atom stereocenters. The van der Waals surface area contributed by atoms with E-state index in [1.54, 1.807) is 42.1 Å². The van der Waals surface area contributed by atoms with E-state index in [2.05, 4.69) is 19.9 Å². The minimum absolute atomic E-state index is 0.0952. The summed E-state index contributed by atoms with van der Waals surface area (Å²) in [5, 5.41) is 0.844. The number of thioether (sulfide) groups is 1. The van der Waals surface area contributed by atoms with Crippen molar-refractivity contribution >= 4 is 92.8 Å². The Balaban J connectivity index is 1.71. The van der Waals surface area contributed by atoms with Crippen molar-refractivity contribution < 1.29 is 4.79 Å². The van der Waals surface area contributed by atoms with E-state index in [9.17, 15) is 4.79 Å². The first-order valence-electron chi connectivity index (χ1n) is 9.78. The Hall–Kier alpha value is -1.25. The first-order chi connectivity index (χ1) is 16.0. The molecule has 0 aliphatic carbocycles. The quantitative estimate of drug-likeness (QED) is 0.174. The van der Waals surface area contributed by atoms with Crippen molar-refractivity contribution in [1.82, 2.24) is 15.0 Å². The second-order valence-corrected chi connectivity index (χ2v) is 12.7. The van der Waals surface area contributed by atoms with Crippen LogP contribution in [0.15, 0.2) is 64.5 Å². The minimum atomic E-state index is -1.97. The van der Waals surface area contributed by atoms with Crippen LogP contribution in [0.2, 0.25) is 0 Å². The molecule has 0 unspecified atom stereocenters. The summed E-state index contributed by atoms with van der Waals surface area (Å²) in [6.45, 7) is 2.76. The van der Waals surface area contributed by atoms with E-state index >= 15 is 0 Å². The maximum absolute atomic E-state index is 13.2. The van der Waals surface area contributed by atoms with Crippen molar-refractivity contribution in [3.63, 3.8) is 0 Å². The van der Waals surface area contributed by atoms with Gasteiger partial charge in [-0.05, 0) is 25.1 Å². The number of para-hydroxylation sites is 1. The molecule has 1 aliphatic rings. The van der Waals surface area contributed by atoms with Crippen molar-refractivity contribution in [3.05, 3.63) is 76.8 Å². The van der Waals surface area contributed by atoms with Gasteiger partial charge in [-0.2, -0.15) is 0 Å². The minimum Gasteiger partial charge on any atom is -0.335 e. The zero-order valence-corrected chi connectivity index (χ0v) is 22.6. The van der Waals surface area contributed by atoms with Gasteiger partial charge in [-0.3, -0.25) is 4.79 Å². The van der Waals surface area contributed by atoms with Gasteiger partial charge in [0.1, 0.15) is 0 Å². The third-order valence-electron chi connectivity index (χ3n) is 4.76. The van der Waals surface area contributed by atoms with Gasteiger partial charge in [-0.25, -0.2) is 15.0 Å². The fourth-order valence-electron chi connectivity index (χ4n) is 3.25. The zero-order valence-electron chi connectivity index (χ0n) is 17.3. The molecule has 0 bridgehead atoms. The number of hydrogen-bond donors (Lipinski definition) is 0. The number of alkyl halides is 6. The van der Waals surface area contributed by atoms with Crippen LogP contribution < -0.4 is 4.90 Å². The molecule has 176 valence electrons. The third kappa shape index (κ3) is 5.59. The van der Waals surface area contributed by atoms with Gasteiger partial charge in [0.15, 0.2) is 23.3 Å². The maximum atomic E-state index is 13.2. The predicted octanol–water partition coefficient (Wildman–Crippen LogP) is 7.85. The van der Waals surface area contributed by atoms with Gasteiger partial charge < -0.3 is 4.90 Å². The van der Waals surface area contributed by atoms with Crippen LogP contribution in [-0.4, -0.2) is 27.3 Å². The molecular formula is C22H14Cl6N4OS. The van der Waals surface area contributed by atoms with Crippen molar-refractivity contribution in [1.29, 1.82) is 0 Å². The molecule has 0 fully saturated rings. The maximum Gasteiger partial charge on any atom is 0.250 e. The lowest BCUT2D eigenvalue weighted by Gasteiger charge is -2.17. The van der Waals surface area contributed by atoms with Crippen molar-refractivity contribution in [2.24, 2.45) is 0 Å². The van der Waals surface area contributed by atoms with Gasteiger partial charge in [0, 0.05) is 28.6 Å². The Labute approximate surface area is 230 Å². The van der Waals surface area contributed by atoms with Crippen molar-refractivity contribution in [2.45, 2.75) is 19.4 Å². The molecule has 34 heavy (non-hydrogen) atoms. The topological polar surface area (TPSA) is 59.0 Å². The Morgan fingerprint density at radius 1 is 0.941 bits per heavy atom. The lowest BCUT2D eigenvalue weighted by molar-refractivity contribution is 0.104. The summed E-state index contributed by atoms with van der Waals surface area (Å²) in [4.78, 5) is 28.7. The summed E-state index contributed by atoms with van der Waals surface area (Å²) < 4.78 is -3.95. The molecule has 0 saturated heterocycles. The molecule has 0 N–H and O–H groups in total. The first-order valence-corrected chi connectivity index (χ1v) is 12.9. The summed E-state index contributed by atoms with van der Waals surface area (Å²) >= 11 is 37.3. The molecule has 2 aromatic carbocycles. The highest BCUT2D eigenvalue weighted by Gasteiger charge is 2.34. The number of nitrogens with zero attached hydrogens (tertiary/aromatic N) is 4. The Kier molecular flexibility index (Phi) is 7.61. The van der Waals surface area contributed by atoms with E-state index in [0.717, 1.165) is 22.2 Å². The molecule has 0 saturated carbocycles. The fourth-order valence-corrected chi connectivity index (χ4v) is 4.92. The molecule has 2 heterocycles. The van der Waals surface area contributed by atoms with Gasteiger partial charge in [0.05, 0.1) is 10.7 Å². The van der Waals surface area contributed by atoms with Crippen LogP contribution >= 0.6 is 81.4 Å². The van der Waals surface area contributed by atoms with E-state index in [1.165, 1.54) is 0 Å². The van der Waals surface area contributed by atoms with Gasteiger partial charge in [0.2, 0.25) is 7.59 Å². The van der Waals surface area contributed by atoms with Gasteiger partial charge >= 0.3 is 0 Å². The number of aromatic nitrogens is 3. The Morgan fingerprint density at radius 3 is 2.21 bits per heavy atom. The molecule has 4 rings (SSSR count). The standard InChI is InChI=1S/C22H14Cl6N4OS/c1-2-32-14-8-3-4-9-16(14)34-17(32)11-15(33)12-6-5-7-13(10-12)18-29-19(21(23,24)25)31-20(30-18)22(26,27)28/h3-11H,2H2,1H3. The summed E-state index contributed by atoms with van der Waals surface area (Å²) in [5.74, 6) is -0.506. The third-order valence-corrected chi connectivity index (χ3v) is 6.88. The lowest BCUT2D eigenvalue weighted by atomic mass is 10.1. The summed E-state index contributed by atoms with van der Waals surface area (Å²) in [7, 11) is 0. The van der Waals surface area contributed by atoms with E-state index in [0.29, 0.717) is 11.1 Å². The van der Waals surface area contributed by atoms with E-state index in [-0.39, 0.29) is 23.3 Å². The smallest absolute Gasteiger partial charge is 0.250 e. The molecule has 0 radical (unpaired) electrons. The van der Waals surface area contributed by atoms with Crippen LogP contribution in [0.1, 0.15) is 28.9 Å². The average molecular weight is 595 g/mol. The number of hydrogen-bond acceptors (Lipinski definition) is 6. The fraction of sp³-hybridized carbons (Fsp3) is 0.182. The SMILES string of the molecule is CCN1C(=CC(=O)c2cccc(-c3nc(C(Cl)(Cl)Cl)nc(C(Cl)(Cl)Cl)n3)c2)Sc2ccccc21. The van der Waals surface area contributed by atoms with Gasteiger partial charge in [0.25, 0.3) is 0 Å². The predicted molar refractivity (Wildman–Crippen MR) is 141 cm³/mol. The Bertz CT molecular complexity index is 1260. The molecule has 1 aliphatic heterocycles. The van der Waals surface area contributed by atoms with E-state index in [1.807, 2.05) is 31.2 Å². The molecular weight excluding hydrogens is 581 g/mol. The van der Waals surface area contributed by atoms with Crippen LogP contribution in [-0.2, 0) is 7.59 Å². The van der Waals surface area contributed by atoms with Crippen molar-refractivity contribution in [2.75, 3.05) is 11.4 Å². The monoisotopic (exact) mass is 592 g/mol. The number of carbonyl (C=O) groups is 1. The number of fused-ring (bicyclic) bond motifs is 1. The number of ketones is 1. The van der Waals surface area contributed by atoms with Crippen LogP contribution in [0, 0.1) is 0 Å². The number of rotatable bonds is 4. The van der Waals surface area contributed by atoms with Gasteiger partial charge in [-0.15, -0.1) is 0 Å². The number of benzene rings is 2. The van der Waals surface area contributed by atoms with Crippen LogP contribution in [0.3, 0.4) is 0 Å². The molecule has 0 amide bonds. The van der Waals surface area contributed by atoms with Crippen molar-refractivity contribution in [3.8, 4) is 11.4 Å². The lowest BCUT2D eigenvalue weighted by Crippen LogP contribution is -2.17. The average Bonchev–Trinajstić information content (AvgIpc) is 3.14.